The fraction of sp³-hybridized carbons (Fsp3) is 0.833. The summed E-state index contributed by atoms with van der Waals surface area (Å²) < 4.78 is 32.3. The number of carboxylic acid groups (broad SMARTS) is 1. The highest BCUT2D eigenvalue weighted by molar-refractivity contribution is 5.82. The first-order valence-corrected chi connectivity index (χ1v) is 6.16. The molecule has 1 aliphatic carbocycles. The maximum absolute atomic E-state index is 13.7. The maximum Gasteiger partial charge on any atom is 0.411 e. The molecule has 2 fully saturated rings. The largest absolute Gasteiger partial charge is 0.480 e. The third-order valence-corrected chi connectivity index (χ3v) is 3.51. The van der Waals surface area contributed by atoms with Crippen molar-refractivity contribution in [3.63, 3.8) is 0 Å². The Bertz CT molecular complexity index is 409. The molecule has 0 aromatic rings. The summed E-state index contributed by atoms with van der Waals surface area (Å²) in [5.41, 5.74) is -0.817. The van der Waals surface area contributed by atoms with Gasteiger partial charge >= 0.3 is 12.1 Å². The number of carbonyl (C=O) groups is 2. The molecular formula is C12H17F2NO4. The fourth-order valence-corrected chi connectivity index (χ4v) is 2.84. The number of hydrogen-bond donors (Lipinski definition) is 1. The van der Waals surface area contributed by atoms with E-state index >= 15 is 0 Å². The van der Waals surface area contributed by atoms with Crippen molar-refractivity contribution in [2.24, 2.45) is 5.92 Å². The van der Waals surface area contributed by atoms with Crippen molar-refractivity contribution in [1.29, 1.82) is 0 Å². The lowest BCUT2D eigenvalue weighted by atomic mass is 9.96. The maximum atomic E-state index is 13.7. The van der Waals surface area contributed by atoms with Gasteiger partial charge in [0.2, 0.25) is 0 Å². The molecule has 0 aromatic heterocycles. The van der Waals surface area contributed by atoms with Crippen LogP contribution in [0.25, 0.3) is 0 Å². The van der Waals surface area contributed by atoms with Crippen LogP contribution in [-0.4, -0.2) is 52.1 Å². The first kappa shape index (κ1) is 14.0. The summed E-state index contributed by atoms with van der Waals surface area (Å²) in [5.74, 6) is -2.32. The van der Waals surface area contributed by atoms with Crippen molar-refractivity contribution in [3.05, 3.63) is 0 Å². The van der Waals surface area contributed by atoms with Gasteiger partial charge in [-0.15, -0.1) is 0 Å². The summed E-state index contributed by atoms with van der Waals surface area (Å²) in [6, 6.07) is -2.39. The van der Waals surface area contributed by atoms with Crippen molar-refractivity contribution in [2.75, 3.05) is 0 Å². The van der Waals surface area contributed by atoms with Crippen LogP contribution in [0.15, 0.2) is 0 Å². The van der Waals surface area contributed by atoms with Crippen LogP contribution < -0.4 is 0 Å². The summed E-state index contributed by atoms with van der Waals surface area (Å²) in [6.45, 7) is 4.87. The van der Waals surface area contributed by atoms with E-state index in [1.165, 1.54) is 0 Å². The fourth-order valence-electron chi connectivity index (χ4n) is 2.84. The second-order valence-electron chi connectivity index (χ2n) is 6.03. The van der Waals surface area contributed by atoms with E-state index in [0.717, 1.165) is 4.90 Å². The van der Waals surface area contributed by atoms with Crippen molar-refractivity contribution in [3.8, 4) is 0 Å². The lowest BCUT2D eigenvalue weighted by molar-refractivity contribution is -0.147. The highest BCUT2D eigenvalue weighted by atomic mass is 19.2. The summed E-state index contributed by atoms with van der Waals surface area (Å²) in [5, 5.41) is 9.12. The number of carbonyl (C=O) groups excluding carboxylic acids is 1. The van der Waals surface area contributed by atoms with Crippen LogP contribution in [0.2, 0.25) is 0 Å². The number of nitrogens with zero attached hydrogens (tertiary/aromatic N) is 1. The summed E-state index contributed by atoms with van der Waals surface area (Å²) >= 11 is 0. The molecule has 1 heterocycles. The van der Waals surface area contributed by atoms with Gasteiger partial charge in [0.1, 0.15) is 17.8 Å². The Labute approximate surface area is 109 Å². The van der Waals surface area contributed by atoms with E-state index in [2.05, 4.69) is 0 Å². The highest BCUT2D eigenvalue weighted by Gasteiger charge is 2.63. The highest BCUT2D eigenvalue weighted by Crippen LogP contribution is 2.46. The first-order valence-electron chi connectivity index (χ1n) is 6.16. The van der Waals surface area contributed by atoms with Crippen molar-refractivity contribution in [1.82, 2.24) is 4.90 Å². The van der Waals surface area contributed by atoms with Gasteiger partial charge in [0, 0.05) is 5.92 Å². The van der Waals surface area contributed by atoms with Crippen LogP contribution in [0.3, 0.4) is 0 Å². The van der Waals surface area contributed by atoms with Crippen LogP contribution >= 0.6 is 0 Å². The Kier molecular flexibility index (Phi) is 3.18. The second kappa shape index (κ2) is 4.31. The molecule has 1 saturated heterocycles. The van der Waals surface area contributed by atoms with Crippen LogP contribution in [0.1, 0.15) is 27.2 Å². The molecule has 7 heteroatoms. The lowest BCUT2D eigenvalue weighted by Crippen LogP contribution is -2.57. The number of carboxylic acids is 1. The van der Waals surface area contributed by atoms with Gasteiger partial charge in [-0.1, -0.05) is 0 Å². The number of ether oxygens (including phenoxy) is 1. The summed E-state index contributed by atoms with van der Waals surface area (Å²) in [6.07, 6.45) is -4.54. The van der Waals surface area contributed by atoms with Crippen LogP contribution in [0.4, 0.5) is 13.6 Å². The van der Waals surface area contributed by atoms with E-state index in [1.54, 1.807) is 20.8 Å². The molecule has 108 valence electrons. The number of aliphatic carboxylic acids is 1. The van der Waals surface area contributed by atoms with Gasteiger partial charge in [-0.3, -0.25) is 4.90 Å². The molecule has 2 rings (SSSR count). The Balaban J connectivity index is 2.23. The summed E-state index contributed by atoms with van der Waals surface area (Å²) in [4.78, 5) is 24.0. The number of fused-ring (bicyclic) bond motifs is 2. The monoisotopic (exact) mass is 277 g/mol. The number of halogens is 2. The number of alkyl halides is 2. The van der Waals surface area contributed by atoms with E-state index in [0.29, 0.717) is 0 Å². The number of likely N-dealkylation sites (tertiary alicyclic amines) is 1. The molecule has 0 radical (unpaired) electrons. The average Bonchev–Trinajstić information content (AvgIpc) is 2.74. The normalized spacial score (nSPS) is 37.5. The molecule has 1 amide bonds. The Morgan fingerprint density at radius 2 is 1.84 bits per heavy atom. The number of rotatable bonds is 1. The molecule has 0 unspecified atom stereocenters. The first-order chi connectivity index (χ1) is 8.63. The van der Waals surface area contributed by atoms with E-state index < -0.39 is 48.0 Å². The van der Waals surface area contributed by atoms with Gasteiger partial charge in [0.15, 0.2) is 6.17 Å². The molecular weight excluding hydrogens is 260 g/mol. The van der Waals surface area contributed by atoms with E-state index in [9.17, 15) is 18.4 Å². The SMILES string of the molecule is CC(C)(C)OC(=O)N1[C@H](C(=O)O)[C@H]2C[C@H]1[C@@H](F)[C@@H]2F. The predicted molar refractivity (Wildman–Crippen MR) is 61.2 cm³/mol. The van der Waals surface area contributed by atoms with E-state index in [1.807, 2.05) is 0 Å². The number of piperidine rings is 1. The zero-order chi connectivity index (χ0) is 14.5. The smallest absolute Gasteiger partial charge is 0.411 e. The van der Waals surface area contributed by atoms with E-state index in [-0.39, 0.29) is 6.42 Å². The molecule has 1 N–H and O–H groups in total. The molecule has 0 aromatic carbocycles. The van der Waals surface area contributed by atoms with Crippen molar-refractivity contribution < 1.29 is 28.2 Å². The van der Waals surface area contributed by atoms with Gasteiger partial charge in [-0.25, -0.2) is 18.4 Å². The molecule has 19 heavy (non-hydrogen) atoms. The van der Waals surface area contributed by atoms with Crippen LogP contribution in [0.5, 0.6) is 0 Å². The minimum absolute atomic E-state index is 0.0263. The topological polar surface area (TPSA) is 66.8 Å². The minimum atomic E-state index is -1.84. The van der Waals surface area contributed by atoms with Crippen molar-refractivity contribution >= 4 is 12.1 Å². The Morgan fingerprint density at radius 3 is 2.32 bits per heavy atom. The standard InChI is InChI=1S/C12H17F2NO4/c1-12(2,3)19-11(18)15-6-4-5(7(13)8(6)14)9(15)10(16)17/h5-9H,4H2,1-3H3,(H,16,17)/t5-,6-,7+,8+,9-/m0/s1. The zero-order valence-electron chi connectivity index (χ0n) is 11.0. The molecule has 2 aliphatic rings. The van der Waals surface area contributed by atoms with Crippen LogP contribution in [-0.2, 0) is 9.53 Å². The molecule has 1 aliphatic heterocycles. The Morgan fingerprint density at radius 1 is 1.26 bits per heavy atom. The molecule has 5 nitrogen and oxygen atoms in total. The lowest BCUT2D eigenvalue weighted by Gasteiger charge is -2.36. The molecule has 1 saturated carbocycles. The molecule has 2 bridgehead atoms. The van der Waals surface area contributed by atoms with Gasteiger partial charge in [0.25, 0.3) is 0 Å². The average molecular weight is 277 g/mol. The Hall–Kier alpha value is -1.40. The van der Waals surface area contributed by atoms with Gasteiger partial charge < -0.3 is 9.84 Å². The van der Waals surface area contributed by atoms with Crippen LogP contribution in [0, 0.1) is 5.92 Å². The third-order valence-electron chi connectivity index (χ3n) is 3.51. The quantitative estimate of drug-likeness (QED) is 0.793. The predicted octanol–water partition coefficient (Wildman–Crippen LogP) is 1.75. The third kappa shape index (κ3) is 2.26. The van der Waals surface area contributed by atoms with Crippen molar-refractivity contribution in [2.45, 2.75) is 57.2 Å². The second-order valence-corrected chi connectivity index (χ2v) is 6.03. The zero-order valence-corrected chi connectivity index (χ0v) is 11.0. The van der Waals surface area contributed by atoms with Gasteiger partial charge in [-0.2, -0.15) is 0 Å². The number of hydrogen-bond acceptors (Lipinski definition) is 3. The number of amides is 1. The molecule has 5 atom stereocenters. The minimum Gasteiger partial charge on any atom is -0.480 e. The molecule has 0 spiro atoms. The van der Waals surface area contributed by atoms with E-state index in [4.69, 9.17) is 9.84 Å². The van der Waals surface area contributed by atoms with Gasteiger partial charge in [-0.05, 0) is 27.2 Å². The van der Waals surface area contributed by atoms with Gasteiger partial charge in [0.05, 0.1) is 6.04 Å². The summed E-state index contributed by atoms with van der Waals surface area (Å²) in [7, 11) is 0.